The Hall–Kier alpha value is -3.19. The molecule has 0 spiro atoms. The van der Waals surface area contributed by atoms with E-state index in [0.29, 0.717) is 41.9 Å². The highest BCUT2D eigenvalue weighted by molar-refractivity contribution is 6.31. The predicted molar refractivity (Wildman–Crippen MR) is 122 cm³/mol. The third kappa shape index (κ3) is 7.81. The van der Waals surface area contributed by atoms with Crippen LogP contribution in [-0.2, 0) is 14.3 Å². The highest BCUT2D eigenvalue weighted by atomic mass is 35.5. The minimum Gasteiger partial charge on any atom is -0.493 e. The van der Waals surface area contributed by atoms with Gasteiger partial charge in [-0.05, 0) is 36.8 Å². The molecule has 2 atom stereocenters. The van der Waals surface area contributed by atoms with Crippen LogP contribution in [-0.4, -0.2) is 40.0 Å². The van der Waals surface area contributed by atoms with Gasteiger partial charge in [0, 0.05) is 13.2 Å². The Morgan fingerprint density at radius 3 is 2.25 bits per heavy atom. The maximum atomic E-state index is 11.6. The van der Waals surface area contributed by atoms with Crippen molar-refractivity contribution in [3.63, 3.8) is 0 Å². The topological polar surface area (TPSA) is 77.8 Å². The van der Waals surface area contributed by atoms with Gasteiger partial charge in [-0.2, -0.15) is 5.26 Å². The Balaban J connectivity index is 1.95. The van der Waals surface area contributed by atoms with Crippen molar-refractivity contribution in [1.82, 2.24) is 0 Å². The Labute approximate surface area is 194 Å². The lowest BCUT2D eigenvalue weighted by Crippen LogP contribution is -2.24. The van der Waals surface area contributed by atoms with Crippen molar-refractivity contribution in [2.24, 2.45) is 5.92 Å². The molecule has 0 fully saturated rings. The van der Waals surface area contributed by atoms with Crippen molar-refractivity contribution in [3.8, 4) is 29.4 Å². The number of halogens is 1. The van der Waals surface area contributed by atoms with Gasteiger partial charge in [0.05, 0.1) is 55.8 Å². The minimum atomic E-state index is -0.302. The zero-order valence-electron chi connectivity index (χ0n) is 18.4. The molecule has 2 aromatic carbocycles. The molecule has 0 heterocycles. The van der Waals surface area contributed by atoms with Gasteiger partial charge in [0.25, 0.3) is 0 Å². The average molecular weight is 456 g/mol. The number of esters is 1. The normalized spacial score (nSPS) is 12.0. The third-order valence-corrected chi connectivity index (χ3v) is 4.95. The molecule has 0 aromatic heterocycles. The Morgan fingerprint density at radius 1 is 1.03 bits per heavy atom. The largest absolute Gasteiger partial charge is 0.493 e. The molecule has 0 bridgehead atoms. The molecule has 0 saturated carbocycles. The minimum absolute atomic E-state index is 0.0212. The van der Waals surface area contributed by atoms with Gasteiger partial charge in [-0.3, -0.25) is 4.79 Å². The van der Waals surface area contributed by atoms with Gasteiger partial charge in [-0.1, -0.05) is 29.7 Å². The molecule has 0 amide bonds. The van der Waals surface area contributed by atoms with Crippen molar-refractivity contribution in [1.29, 1.82) is 5.26 Å². The summed E-state index contributed by atoms with van der Waals surface area (Å²) in [5.74, 6) is 6.62. The van der Waals surface area contributed by atoms with E-state index >= 15 is 0 Å². The second-order valence-electron chi connectivity index (χ2n) is 6.99. The zero-order valence-corrected chi connectivity index (χ0v) is 19.1. The number of benzene rings is 2. The molecule has 2 aromatic rings. The van der Waals surface area contributed by atoms with E-state index in [4.69, 9.17) is 35.8 Å². The number of ether oxygens (including phenoxy) is 4. The fraction of sp³-hybridized carbons (Fsp3) is 0.360. The number of carbonyl (C=O) groups excluding carboxylic acids is 1. The Morgan fingerprint density at radius 2 is 1.69 bits per heavy atom. The van der Waals surface area contributed by atoms with E-state index in [1.165, 1.54) is 7.11 Å². The molecular formula is C25H26ClNO5. The maximum absolute atomic E-state index is 11.6. The Kier molecular flexibility index (Phi) is 10.4. The molecule has 0 aliphatic rings. The smallest absolute Gasteiger partial charge is 0.307 e. The van der Waals surface area contributed by atoms with Crippen LogP contribution in [0.5, 0.6) is 11.5 Å². The third-order valence-electron chi connectivity index (χ3n) is 4.63. The summed E-state index contributed by atoms with van der Waals surface area (Å²) in [7, 11) is 2.99. The fourth-order valence-corrected chi connectivity index (χ4v) is 3.17. The summed E-state index contributed by atoms with van der Waals surface area (Å²) < 4.78 is 21.7. The summed E-state index contributed by atoms with van der Waals surface area (Å²) in [6.45, 7) is 2.94. The van der Waals surface area contributed by atoms with Crippen LogP contribution in [0.25, 0.3) is 0 Å². The number of nitrogens with zero attached hydrogens (tertiary/aromatic N) is 1. The molecule has 0 aliphatic heterocycles. The quantitative estimate of drug-likeness (QED) is 0.364. The number of hydrogen-bond acceptors (Lipinski definition) is 6. The van der Waals surface area contributed by atoms with Crippen LogP contribution in [0.3, 0.4) is 0 Å². The van der Waals surface area contributed by atoms with Crippen LogP contribution in [0.2, 0.25) is 5.02 Å². The first-order chi connectivity index (χ1) is 15.5. The average Bonchev–Trinajstić information content (AvgIpc) is 2.81. The molecule has 0 saturated heterocycles. The predicted octanol–water partition coefficient (Wildman–Crippen LogP) is 4.60. The lowest BCUT2D eigenvalue weighted by atomic mass is 9.96. The maximum Gasteiger partial charge on any atom is 0.307 e. The van der Waals surface area contributed by atoms with Gasteiger partial charge in [-0.15, -0.1) is 5.92 Å². The van der Waals surface area contributed by atoms with E-state index in [0.717, 1.165) is 5.56 Å². The van der Waals surface area contributed by atoms with Gasteiger partial charge in [0.1, 0.15) is 17.6 Å². The summed E-state index contributed by atoms with van der Waals surface area (Å²) in [6, 6.07) is 14.5. The highest BCUT2D eigenvalue weighted by Crippen LogP contribution is 2.24. The standard InChI is InChI=1S/C25H26ClNO5/c1-4-5-20(12-25(28)30-3)19-6-9-22(10-7-19)31-16-18(15-29-2)17-32-23-11-8-21(14-27)24(26)13-23/h6-11,13,18,20H,12,15-17H2,1-3H3. The van der Waals surface area contributed by atoms with E-state index in [1.807, 2.05) is 30.3 Å². The lowest BCUT2D eigenvalue weighted by molar-refractivity contribution is -0.140. The molecule has 0 N–H and O–H groups in total. The molecule has 168 valence electrons. The van der Waals surface area contributed by atoms with Gasteiger partial charge < -0.3 is 18.9 Å². The molecule has 0 aliphatic carbocycles. The van der Waals surface area contributed by atoms with Crippen LogP contribution in [0.4, 0.5) is 0 Å². The van der Waals surface area contributed by atoms with Crippen LogP contribution in [0, 0.1) is 29.1 Å². The number of rotatable bonds is 11. The van der Waals surface area contributed by atoms with E-state index in [-0.39, 0.29) is 24.2 Å². The van der Waals surface area contributed by atoms with Gasteiger partial charge in [-0.25, -0.2) is 0 Å². The molecular weight excluding hydrogens is 430 g/mol. The van der Waals surface area contributed by atoms with E-state index in [1.54, 1.807) is 32.2 Å². The fourth-order valence-electron chi connectivity index (χ4n) is 2.96. The van der Waals surface area contributed by atoms with Crippen LogP contribution in [0.15, 0.2) is 42.5 Å². The first-order valence-electron chi connectivity index (χ1n) is 10.0. The van der Waals surface area contributed by atoms with Crippen LogP contribution < -0.4 is 9.47 Å². The summed E-state index contributed by atoms with van der Waals surface area (Å²) in [4.78, 5) is 11.6. The lowest BCUT2D eigenvalue weighted by Gasteiger charge is -2.18. The highest BCUT2D eigenvalue weighted by Gasteiger charge is 2.15. The van der Waals surface area contributed by atoms with Crippen LogP contribution in [0.1, 0.15) is 30.4 Å². The van der Waals surface area contributed by atoms with Crippen molar-refractivity contribution >= 4 is 17.6 Å². The first kappa shape index (κ1) is 25.1. The monoisotopic (exact) mass is 455 g/mol. The SMILES string of the molecule is CC#CC(CC(=O)OC)c1ccc(OCC(COC)COc2ccc(C#N)c(Cl)c2)cc1. The molecule has 2 unspecified atom stereocenters. The molecule has 7 heteroatoms. The molecule has 6 nitrogen and oxygen atoms in total. The second-order valence-corrected chi connectivity index (χ2v) is 7.40. The van der Waals surface area contributed by atoms with Crippen molar-refractivity contribution in [3.05, 3.63) is 58.6 Å². The van der Waals surface area contributed by atoms with Crippen molar-refractivity contribution < 1.29 is 23.7 Å². The second kappa shape index (κ2) is 13.3. The number of methoxy groups -OCH3 is 2. The number of carbonyl (C=O) groups is 1. The summed E-state index contributed by atoms with van der Waals surface area (Å²) in [5, 5.41) is 9.31. The van der Waals surface area contributed by atoms with Crippen molar-refractivity contribution in [2.75, 3.05) is 34.0 Å². The van der Waals surface area contributed by atoms with Crippen molar-refractivity contribution in [2.45, 2.75) is 19.3 Å². The molecule has 2 rings (SSSR count). The number of hydrogen-bond donors (Lipinski definition) is 0. The molecule has 32 heavy (non-hydrogen) atoms. The number of nitriles is 1. The zero-order chi connectivity index (χ0) is 23.3. The van der Waals surface area contributed by atoms with E-state index < -0.39 is 0 Å². The van der Waals surface area contributed by atoms with E-state index in [9.17, 15) is 4.79 Å². The Bertz CT molecular complexity index is 988. The van der Waals surface area contributed by atoms with Crippen LogP contribution >= 0.6 is 11.6 Å². The summed E-state index contributed by atoms with van der Waals surface area (Å²) >= 11 is 6.05. The summed E-state index contributed by atoms with van der Waals surface area (Å²) in [5.41, 5.74) is 1.32. The summed E-state index contributed by atoms with van der Waals surface area (Å²) in [6.07, 6.45) is 0.199. The van der Waals surface area contributed by atoms with Gasteiger partial charge in [0.15, 0.2) is 0 Å². The van der Waals surface area contributed by atoms with Gasteiger partial charge >= 0.3 is 5.97 Å². The molecule has 0 radical (unpaired) electrons. The first-order valence-corrected chi connectivity index (χ1v) is 10.4. The van der Waals surface area contributed by atoms with E-state index in [2.05, 4.69) is 11.8 Å². The van der Waals surface area contributed by atoms with Gasteiger partial charge in [0.2, 0.25) is 0 Å².